The quantitative estimate of drug-likeness (QED) is 0.292. The van der Waals surface area contributed by atoms with Gasteiger partial charge in [0.05, 0.1) is 17.6 Å². The van der Waals surface area contributed by atoms with Crippen molar-refractivity contribution in [2.24, 2.45) is 0 Å². The van der Waals surface area contributed by atoms with Gasteiger partial charge in [0.1, 0.15) is 0 Å². The molecule has 0 bridgehead atoms. The molecule has 1 aromatic heterocycles. The Hall–Kier alpha value is -3.23. The summed E-state index contributed by atoms with van der Waals surface area (Å²) in [6.07, 6.45) is 2.80. The lowest BCUT2D eigenvalue weighted by atomic mass is 10.00. The van der Waals surface area contributed by atoms with Crippen LogP contribution in [-0.2, 0) is 17.7 Å². The fraction of sp³-hybridized carbons (Fsp3) is 0.320. The van der Waals surface area contributed by atoms with E-state index in [4.69, 9.17) is 4.74 Å². The first-order valence-electron chi connectivity index (χ1n) is 11.0. The minimum atomic E-state index is -0.345. The molecule has 0 radical (unpaired) electrons. The summed E-state index contributed by atoms with van der Waals surface area (Å²) < 4.78 is 4.89. The maximum Gasteiger partial charge on any atom is 0.337 e. The molecule has 1 unspecified atom stereocenters. The molecule has 1 aliphatic heterocycles. The van der Waals surface area contributed by atoms with Crippen LogP contribution in [0.1, 0.15) is 39.2 Å². The molecule has 172 valence electrons. The van der Waals surface area contributed by atoms with Crippen LogP contribution < -0.4 is 10.2 Å². The van der Waals surface area contributed by atoms with E-state index in [0.29, 0.717) is 24.6 Å². The Morgan fingerprint density at radius 3 is 2.79 bits per heavy atom. The molecule has 3 aromatic rings. The molecule has 2 heterocycles. The molecule has 4 rings (SSSR count). The number of ether oxygens (including phenoxy) is 1. The summed E-state index contributed by atoms with van der Waals surface area (Å²) in [4.78, 5) is 26.2. The van der Waals surface area contributed by atoms with Crippen molar-refractivity contribution in [2.75, 3.05) is 25.1 Å². The molecule has 33 heavy (non-hydrogen) atoms. The molecule has 1 aliphatic rings. The van der Waals surface area contributed by atoms with Crippen molar-refractivity contribution in [2.45, 2.75) is 31.8 Å². The van der Waals surface area contributed by atoms with Crippen molar-refractivity contribution < 1.29 is 14.5 Å². The van der Waals surface area contributed by atoms with Crippen LogP contribution in [0.2, 0.25) is 0 Å². The third-order valence-corrected chi connectivity index (χ3v) is 6.94. The van der Waals surface area contributed by atoms with Crippen LogP contribution >= 0.6 is 11.3 Å². The van der Waals surface area contributed by atoms with Gasteiger partial charge in [-0.25, -0.2) is 4.79 Å². The minimum Gasteiger partial charge on any atom is -0.465 e. The maximum absolute atomic E-state index is 12.0. The van der Waals surface area contributed by atoms with Gasteiger partial charge >= 0.3 is 11.0 Å². The number of hydrogen-bond acceptors (Lipinski definition) is 7. The first-order chi connectivity index (χ1) is 16.0. The first kappa shape index (κ1) is 22.9. The van der Waals surface area contributed by atoms with Crippen LogP contribution in [0, 0.1) is 10.1 Å². The van der Waals surface area contributed by atoms with Gasteiger partial charge in [-0.1, -0.05) is 41.7 Å². The Balaban J connectivity index is 1.66. The minimum absolute atomic E-state index is 0.162. The second-order valence-electron chi connectivity index (χ2n) is 8.12. The van der Waals surface area contributed by atoms with E-state index in [1.165, 1.54) is 18.4 Å². The van der Waals surface area contributed by atoms with E-state index >= 15 is 0 Å². The number of para-hydroxylation sites is 1. The van der Waals surface area contributed by atoms with Crippen LogP contribution in [0.5, 0.6) is 0 Å². The van der Waals surface area contributed by atoms with Gasteiger partial charge in [-0.3, -0.25) is 10.1 Å². The van der Waals surface area contributed by atoms with E-state index in [0.717, 1.165) is 47.6 Å². The van der Waals surface area contributed by atoms with E-state index < -0.39 is 0 Å². The van der Waals surface area contributed by atoms with Crippen molar-refractivity contribution >= 4 is 28.0 Å². The molecule has 1 saturated heterocycles. The Morgan fingerprint density at radius 1 is 1.21 bits per heavy atom. The fourth-order valence-electron chi connectivity index (χ4n) is 4.31. The van der Waals surface area contributed by atoms with Crippen molar-refractivity contribution in [3.8, 4) is 0 Å². The van der Waals surface area contributed by atoms with E-state index in [9.17, 15) is 14.9 Å². The third kappa shape index (κ3) is 5.58. The molecule has 8 heteroatoms. The van der Waals surface area contributed by atoms with Crippen molar-refractivity contribution in [3.05, 3.63) is 92.3 Å². The lowest BCUT2D eigenvalue weighted by molar-refractivity contribution is -0.380. The second-order valence-corrected chi connectivity index (χ2v) is 9.27. The number of piperidine rings is 1. The van der Waals surface area contributed by atoms with Crippen LogP contribution in [0.4, 0.5) is 10.7 Å². The number of nitrogens with zero attached hydrogens (tertiary/aromatic N) is 2. The average Bonchev–Trinajstić information content (AvgIpc) is 3.32. The van der Waals surface area contributed by atoms with E-state index in [-0.39, 0.29) is 15.9 Å². The van der Waals surface area contributed by atoms with Gasteiger partial charge in [-0.2, -0.15) is 0 Å². The largest absolute Gasteiger partial charge is 0.465 e. The second kappa shape index (κ2) is 10.6. The predicted molar refractivity (Wildman–Crippen MR) is 130 cm³/mol. The van der Waals surface area contributed by atoms with Gasteiger partial charge in [0.15, 0.2) is 0 Å². The van der Waals surface area contributed by atoms with Gasteiger partial charge in [-0.15, -0.1) is 0 Å². The number of rotatable bonds is 8. The molecular weight excluding hydrogens is 438 g/mol. The number of hydrogen-bond donors (Lipinski definition) is 1. The summed E-state index contributed by atoms with van der Waals surface area (Å²) in [5.41, 5.74) is 3.82. The SMILES string of the molecule is COC(=O)c1cccc(CN(c2ccccc2Cc2ccc([N+](=O)[O-])s2)C2CCCNC2)c1. The van der Waals surface area contributed by atoms with E-state index in [2.05, 4.69) is 22.3 Å². The zero-order valence-electron chi connectivity index (χ0n) is 18.5. The van der Waals surface area contributed by atoms with Gasteiger partial charge in [0.2, 0.25) is 0 Å². The zero-order valence-corrected chi connectivity index (χ0v) is 19.3. The smallest absolute Gasteiger partial charge is 0.337 e. The molecule has 1 N–H and O–H groups in total. The number of methoxy groups -OCH3 is 1. The fourth-order valence-corrected chi connectivity index (χ4v) is 5.15. The van der Waals surface area contributed by atoms with Crippen LogP contribution in [-0.4, -0.2) is 37.1 Å². The lowest BCUT2D eigenvalue weighted by Crippen LogP contribution is -2.46. The Bertz CT molecular complexity index is 1120. The number of esters is 1. The molecule has 0 aliphatic carbocycles. The number of carbonyl (C=O) groups excluding carboxylic acids is 1. The highest BCUT2D eigenvalue weighted by atomic mass is 32.1. The van der Waals surface area contributed by atoms with Gasteiger partial charge in [0.25, 0.3) is 0 Å². The summed E-state index contributed by atoms with van der Waals surface area (Å²) in [6.45, 7) is 2.55. The zero-order chi connectivity index (χ0) is 23.2. The topological polar surface area (TPSA) is 84.7 Å². The first-order valence-corrected chi connectivity index (χ1v) is 11.8. The van der Waals surface area contributed by atoms with E-state index in [1.807, 2.05) is 36.4 Å². The molecule has 0 amide bonds. The molecule has 0 saturated carbocycles. The van der Waals surface area contributed by atoms with E-state index in [1.54, 1.807) is 12.1 Å². The third-order valence-electron chi connectivity index (χ3n) is 5.91. The van der Waals surface area contributed by atoms with Crippen LogP contribution in [0.25, 0.3) is 0 Å². The molecule has 2 aromatic carbocycles. The van der Waals surface area contributed by atoms with Gasteiger partial charge in [0, 0.05) is 42.2 Å². The Labute approximate surface area is 197 Å². The summed E-state index contributed by atoms with van der Waals surface area (Å²) in [7, 11) is 1.39. The number of thiophene rings is 1. The number of carbonyl (C=O) groups is 1. The number of benzene rings is 2. The highest BCUT2D eigenvalue weighted by Gasteiger charge is 2.24. The molecular formula is C25H27N3O4S. The van der Waals surface area contributed by atoms with Gasteiger partial charge in [-0.05, 0) is 54.8 Å². The van der Waals surface area contributed by atoms with Crippen molar-refractivity contribution in [1.29, 1.82) is 0 Å². The Morgan fingerprint density at radius 2 is 2.06 bits per heavy atom. The number of nitro groups is 1. The number of anilines is 1. The lowest BCUT2D eigenvalue weighted by Gasteiger charge is -2.38. The summed E-state index contributed by atoms with van der Waals surface area (Å²) in [6, 6.07) is 19.5. The standard InChI is InChI=1S/C25H27N3O4S/c1-32-25(29)20-8-4-6-18(14-20)17-27(21-9-5-13-26-16-21)23-10-3-2-7-19(23)15-22-11-12-24(33-22)28(30)31/h2-4,6-8,10-12,14,21,26H,5,9,13,15-17H2,1H3. The normalized spacial score (nSPS) is 15.7. The monoisotopic (exact) mass is 465 g/mol. The molecule has 0 spiro atoms. The Kier molecular flexibility index (Phi) is 7.36. The average molecular weight is 466 g/mol. The molecule has 7 nitrogen and oxygen atoms in total. The number of nitrogens with one attached hydrogen (secondary N) is 1. The molecule has 1 atom stereocenters. The van der Waals surface area contributed by atoms with Gasteiger partial charge < -0.3 is 15.0 Å². The molecule has 1 fully saturated rings. The van der Waals surface area contributed by atoms with Crippen molar-refractivity contribution in [1.82, 2.24) is 5.32 Å². The highest BCUT2D eigenvalue weighted by molar-refractivity contribution is 7.15. The van der Waals surface area contributed by atoms with Crippen LogP contribution in [0.15, 0.2) is 60.7 Å². The summed E-state index contributed by atoms with van der Waals surface area (Å²) >= 11 is 1.22. The maximum atomic E-state index is 12.0. The summed E-state index contributed by atoms with van der Waals surface area (Å²) in [5.74, 6) is -0.345. The summed E-state index contributed by atoms with van der Waals surface area (Å²) in [5, 5.41) is 14.8. The van der Waals surface area contributed by atoms with Crippen molar-refractivity contribution in [3.63, 3.8) is 0 Å². The highest BCUT2D eigenvalue weighted by Crippen LogP contribution is 2.32. The predicted octanol–water partition coefficient (Wildman–Crippen LogP) is 4.79. The van der Waals surface area contributed by atoms with Crippen LogP contribution in [0.3, 0.4) is 0 Å².